The molecule has 9 nitrogen and oxygen atoms in total. The fourth-order valence-electron chi connectivity index (χ4n) is 6.00. The third-order valence-corrected chi connectivity index (χ3v) is 8.56. The third kappa shape index (κ3) is 7.77. The van der Waals surface area contributed by atoms with Crippen molar-refractivity contribution in [1.29, 1.82) is 0 Å². The van der Waals surface area contributed by atoms with E-state index in [1.54, 1.807) is 25.0 Å². The second-order valence-corrected chi connectivity index (χ2v) is 13.0. The van der Waals surface area contributed by atoms with Crippen LogP contribution in [0.5, 0.6) is 11.5 Å². The van der Waals surface area contributed by atoms with Crippen molar-refractivity contribution < 1.29 is 19.1 Å². The van der Waals surface area contributed by atoms with E-state index >= 15 is 0 Å². The van der Waals surface area contributed by atoms with Crippen LogP contribution in [0.2, 0.25) is 0 Å². The van der Waals surface area contributed by atoms with Crippen molar-refractivity contribution >= 4 is 23.3 Å². The highest BCUT2D eigenvalue weighted by atomic mass is 16.5. The summed E-state index contributed by atoms with van der Waals surface area (Å²) in [5.74, 6) is 1.85. The Morgan fingerprint density at radius 2 is 1.70 bits per heavy atom. The highest BCUT2D eigenvalue weighted by Gasteiger charge is 2.31. The summed E-state index contributed by atoms with van der Waals surface area (Å²) in [5, 5.41) is 14.2. The number of methoxy groups -OCH3 is 2. The van der Waals surface area contributed by atoms with E-state index in [1.165, 1.54) is 0 Å². The van der Waals surface area contributed by atoms with E-state index in [1.807, 2.05) is 73.7 Å². The Kier molecular flexibility index (Phi) is 10.1. The van der Waals surface area contributed by atoms with Gasteiger partial charge in [-0.15, -0.1) is 0 Å². The Hall–Kier alpha value is -4.63. The van der Waals surface area contributed by atoms with Crippen molar-refractivity contribution in [3.05, 3.63) is 95.2 Å². The Bertz CT molecular complexity index is 1670. The number of rotatable bonds is 10. The number of benzene rings is 3. The molecule has 3 N–H and O–H groups in total. The van der Waals surface area contributed by atoms with Gasteiger partial charge < -0.3 is 20.1 Å². The minimum atomic E-state index is -0.390. The number of ether oxygens (including phenoxy) is 2. The number of aryl methyl sites for hydroxylation is 1. The first kappa shape index (κ1) is 32.8. The first-order chi connectivity index (χ1) is 22.0. The molecule has 1 atom stereocenters. The quantitative estimate of drug-likeness (QED) is 0.175. The molecule has 46 heavy (non-hydrogen) atoms. The number of nitrogens with one attached hydrogen (secondary N) is 3. The fourth-order valence-corrected chi connectivity index (χ4v) is 6.00. The van der Waals surface area contributed by atoms with Gasteiger partial charge in [0.25, 0.3) is 0 Å². The zero-order valence-corrected chi connectivity index (χ0v) is 27.6. The van der Waals surface area contributed by atoms with Gasteiger partial charge in [-0.1, -0.05) is 56.7 Å². The molecule has 4 aromatic rings. The summed E-state index contributed by atoms with van der Waals surface area (Å²) in [4.78, 5) is 27.5. The van der Waals surface area contributed by atoms with Crippen LogP contribution in [0.1, 0.15) is 61.9 Å². The molecular formula is C37H45N5O4. The first-order valence-corrected chi connectivity index (χ1v) is 15.9. The molecule has 1 aliphatic rings. The molecule has 1 fully saturated rings. The van der Waals surface area contributed by atoms with Gasteiger partial charge >= 0.3 is 6.03 Å². The molecule has 2 heterocycles. The lowest BCUT2D eigenvalue weighted by molar-refractivity contribution is -0.121. The van der Waals surface area contributed by atoms with Gasteiger partial charge in [0.15, 0.2) is 0 Å². The van der Waals surface area contributed by atoms with Crippen LogP contribution < -0.4 is 25.4 Å². The van der Waals surface area contributed by atoms with Gasteiger partial charge in [0.1, 0.15) is 23.1 Å². The van der Waals surface area contributed by atoms with Crippen LogP contribution in [0, 0.1) is 12.8 Å². The van der Waals surface area contributed by atoms with Crippen LogP contribution in [-0.4, -0.2) is 48.9 Å². The number of amides is 2. The molecule has 9 heteroatoms. The number of anilines is 2. The number of carbonyl (C=O) groups is 2. The van der Waals surface area contributed by atoms with Gasteiger partial charge in [-0.3, -0.25) is 10.1 Å². The van der Waals surface area contributed by atoms with Gasteiger partial charge in [-0.05, 0) is 74.7 Å². The Morgan fingerprint density at radius 1 is 0.957 bits per heavy atom. The molecule has 0 bridgehead atoms. The van der Waals surface area contributed by atoms with Crippen LogP contribution >= 0.6 is 0 Å². The number of Topliss-reactive ketones (excluding diaryl/α,β-unsaturated/α-hetero) is 1. The molecule has 1 aromatic heterocycles. The standard InChI is InChI=1S/C37H45N5O4/c1-24-10-13-29(14-11-24)42-34(23-33(41-42)37(2,3)4)40-36(44)39-28-9-7-8-27(20-28)35(25-16-18-38-19-17-25)31(43)21-26-12-15-30(45-5)22-32(26)46-6/h7-15,20,22-23,25,35,38H,16-19,21H2,1-6H3,(H2,39,40,44). The van der Waals surface area contributed by atoms with Crippen molar-refractivity contribution in [2.75, 3.05) is 37.9 Å². The summed E-state index contributed by atoms with van der Waals surface area (Å²) in [6, 6.07) is 22.7. The Labute approximate surface area is 271 Å². The molecule has 242 valence electrons. The van der Waals surface area contributed by atoms with E-state index in [2.05, 4.69) is 36.7 Å². The molecule has 1 saturated heterocycles. The number of aromatic nitrogens is 2. The molecule has 1 unspecified atom stereocenters. The first-order valence-electron chi connectivity index (χ1n) is 15.9. The maximum Gasteiger partial charge on any atom is 0.324 e. The van der Waals surface area contributed by atoms with E-state index in [9.17, 15) is 9.59 Å². The van der Waals surface area contributed by atoms with Crippen LogP contribution in [0.3, 0.4) is 0 Å². The van der Waals surface area contributed by atoms with Crippen molar-refractivity contribution in [1.82, 2.24) is 15.1 Å². The molecular weight excluding hydrogens is 578 g/mol. The van der Waals surface area contributed by atoms with Crippen LogP contribution in [0.4, 0.5) is 16.3 Å². The van der Waals surface area contributed by atoms with E-state index in [4.69, 9.17) is 14.6 Å². The smallest absolute Gasteiger partial charge is 0.324 e. The van der Waals surface area contributed by atoms with Gasteiger partial charge in [0.2, 0.25) is 0 Å². The maximum atomic E-state index is 14.1. The van der Waals surface area contributed by atoms with E-state index < -0.39 is 6.03 Å². The average molecular weight is 624 g/mol. The molecule has 3 aromatic carbocycles. The second kappa shape index (κ2) is 14.2. The van der Waals surface area contributed by atoms with Crippen molar-refractivity contribution in [2.24, 2.45) is 5.92 Å². The predicted molar refractivity (Wildman–Crippen MR) is 183 cm³/mol. The fraction of sp³-hybridized carbons (Fsp3) is 0.378. The summed E-state index contributed by atoms with van der Waals surface area (Å²) >= 11 is 0. The van der Waals surface area contributed by atoms with E-state index in [0.29, 0.717) is 23.0 Å². The number of ketones is 1. The summed E-state index contributed by atoms with van der Waals surface area (Å²) in [5.41, 5.74) is 4.98. The van der Waals surface area contributed by atoms with Gasteiger partial charge in [-0.2, -0.15) is 5.10 Å². The number of nitrogens with zero attached hydrogens (tertiary/aromatic N) is 2. The zero-order chi connectivity index (χ0) is 32.8. The highest BCUT2D eigenvalue weighted by molar-refractivity contribution is 5.99. The van der Waals surface area contributed by atoms with Crippen LogP contribution in [-0.2, 0) is 16.6 Å². The van der Waals surface area contributed by atoms with Gasteiger partial charge in [0.05, 0.1) is 25.6 Å². The van der Waals surface area contributed by atoms with E-state index in [-0.39, 0.29) is 29.5 Å². The summed E-state index contributed by atoms with van der Waals surface area (Å²) in [7, 11) is 3.21. The average Bonchev–Trinajstić information content (AvgIpc) is 3.46. The zero-order valence-electron chi connectivity index (χ0n) is 27.6. The van der Waals surface area contributed by atoms with Crippen LogP contribution in [0.15, 0.2) is 72.8 Å². The minimum Gasteiger partial charge on any atom is -0.497 e. The molecule has 0 radical (unpaired) electrons. The summed E-state index contributed by atoms with van der Waals surface area (Å²) in [6.07, 6.45) is 2.03. The predicted octanol–water partition coefficient (Wildman–Crippen LogP) is 7.03. The topological polar surface area (TPSA) is 107 Å². The molecule has 2 amide bonds. The summed E-state index contributed by atoms with van der Waals surface area (Å²) < 4.78 is 12.7. The number of carbonyl (C=O) groups excluding carboxylic acids is 2. The highest BCUT2D eigenvalue weighted by Crippen LogP contribution is 2.36. The largest absolute Gasteiger partial charge is 0.497 e. The normalized spacial score (nSPS) is 14.4. The van der Waals surface area contributed by atoms with E-state index in [0.717, 1.165) is 54.0 Å². The maximum absolute atomic E-state index is 14.1. The molecule has 0 aliphatic carbocycles. The lowest BCUT2D eigenvalue weighted by Crippen LogP contribution is -2.34. The third-order valence-electron chi connectivity index (χ3n) is 8.56. The molecule has 5 rings (SSSR count). The number of piperidine rings is 1. The second-order valence-electron chi connectivity index (χ2n) is 13.0. The number of urea groups is 1. The van der Waals surface area contributed by atoms with Crippen LogP contribution in [0.25, 0.3) is 5.69 Å². The van der Waals surface area contributed by atoms with Gasteiger partial charge in [-0.25, -0.2) is 9.48 Å². The number of hydrogen-bond donors (Lipinski definition) is 3. The molecule has 0 saturated carbocycles. The molecule has 0 spiro atoms. The Balaban J connectivity index is 1.38. The Morgan fingerprint density at radius 3 is 2.37 bits per heavy atom. The molecule has 1 aliphatic heterocycles. The lowest BCUT2D eigenvalue weighted by Gasteiger charge is -2.30. The van der Waals surface area contributed by atoms with Crippen molar-refractivity contribution in [3.63, 3.8) is 0 Å². The van der Waals surface area contributed by atoms with Crippen molar-refractivity contribution in [3.8, 4) is 17.2 Å². The summed E-state index contributed by atoms with van der Waals surface area (Å²) in [6.45, 7) is 10.0. The minimum absolute atomic E-state index is 0.119. The van der Waals surface area contributed by atoms with Crippen molar-refractivity contribution in [2.45, 2.75) is 58.3 Å². The lowest BCUT2D eigenvalue weighted by atomic mass is 9.76. The van der Waals surface area contributed by atoms with Gasteiger partial charge in [0, 0.05) is 41.1 Å². The number of hydrogen-bond acceptors (Lipinski definition) is 6. The monoisotopic (exact) mass is 623 g/mol. The SMILES string of the molecule is COc1ccc(CC(=O)C(c2cccc(NC(=O)Nc3cc(C(C)(C)C)nn3-c3ccc(C)cc3)c2)C2CCNCC2)c(OC)c1.